The van der Waals surface area contributed by atoms with Crippen molar-refractivity contribution in [2.45, 2.75) is 46.5 Å². The number of allylic oxidation sites excluding steroid dienone is 1. The lowest BCUT2D eigenvalue weighted by atomic mass is 9.86. The van der Waals surface area contributed by atoms with Crippen LogP contribution in [0.25, 0.3) is 0 Å². The van der Waals surface area contributed by atoms with Crippen molar-refractivity contribution < 1.29 is 5.21 Å². The predicted molar refractivity (Wildman–Crippen MR) is 73.3 cm³/mol. The third-order valence-corrected chi connectivity index (χ3v) is 2.93. The fraction of sp³-hybridized carbons (Fsp3) is 0.769. The molecule has 4 N–H and O–H groups in total. The highest BCUT2D eigenvalue weighted by Gasteiger charge is 2.22. The third-order valence-electron chi connectivity index (χ3n) is 2.93. The molecule has 0 saturated heterocycles. The summed E-state index contributed by atoms with van der Waals surface area (Å²) in [4.78, 5) is 0. The van der Waals surface area contributed by atoms with Crippen LogP contribution in [0.2, 0.25) is 0 Å². The second kappa shape index (κ2) is 9.05. The third kappa shape index (κ3) is 7.80. The van der Waals surface area contributed by atoms with Crippen molar-refractivity contribution in [2.75, 3.05) is 13.1 Å². The number of oxime groups is 1. The maximum atomic E-state index is 8.64. The first-order chi connectivity index (χ1) is 8.04. The summed E-state index contributed by atoms with van der Waals surface area (Å²) in [5.74, 6) is 0.318. The topological polar surface area (TPSA) is 70.6 Å². The van der Waals surface area contributed by atoms with E-state index in [1.807, 2.05) is 20.8 Å². The van der Waals surface area contributed by atoms with E-state index in [1.54, 1.807) is 0 Å². The average Bonchev–Trinajstić information content (AvgIpc) is 2.31. The molecule has 0 rings (SSSR count). The number of hydrogen-bond acceptors (Lipinski definition) is 3. The Morgan fingerprint density at radius 3 is 2.65 bits per heavy atom. The lowest BCUT2D eigenvalue weighted by molar-refractivity contribution is 0.304. The molecule has 0 aromatic carbocycles. The fourth-order valence-electron chi connectivity index (χ4n) is 1.56. The van der Waals surface area contributed by atoms with Crippen molar-refractivity contribution in [2.24, 2.45) is 16.3 Å². The van der Waals surface area contributed by atoms with Crippen LogP contribution in [0.4, 0.5) is 0 Å². The molecule has 0 amide bonds. The molecule has 0 fully saturated rings. The number of rotatable bonds is 9. The molecule has 100 valence electrons. The Hall–Kier alpha value is -1.03. The van der Waals surface area contributed by atoms with Crippen molar-refractivity contribution in [3.8, 4) is 0 Å². The molecule has 4 heteroatoms. The van der Waals surface area contributed by atoms with E-state index in [0.717, 1.165) is 38.8 Å². The van der Waals surface area contributed by atoms with Gasteiger partial charge in [0.1, 0.15) is 5.84 Å². The zero-order valence-electron chi connectivity index (χ0n) is 11.4. The molecular weight excluding hydrogens is 214 g/mol. The largest absolute Gasteiger partial charge is 0.409 e. The van der Waals surface area contributed by atoms with Gasteiger partial charge in [-0.1, -0.05) is 37.6 Å². The van der Waals surface area contributed by atoms with E-state index in [0.29, 0.717) is 5.84 Å². The van der Waals surface area contributed by atoms with E-state index in [2.05, 4.69) is 22.6 Å². The van der Waals surface area contributed by atoms with Crippen LogP contribution in [0.15, 0.2) is 17.3 Å². The Morgan fingerprint density at radius 2 is 2.06 bits per heavy atom. The molecule has 0 aromatic rings. The summed E-state index contributed by atoms with van der Waals surface area (Å²) >= 11 is 0. The van der Waals surface area contributed by atoms with E-state index in [9.17, 15) is 0 Å². The standard InChI is InChI=1S/C13H27N3O/c1-4-5-7-10-15-11-8-6-9-13(2,3)12(14)16-17/h4-5,15,17H,6-11H2,1-3H3,(H2,14,16)/b5-4+. The monoisotopic (exact) mass is 241 g/mol. The van der Waals surface area contributed by atoms with Gasteiger partial charge in [0, 0.05) is 5.41 Å². The molecule has 4 nitrogen and oxygen atoms in total. The minimum Gasteiger partial charge on any atom is -0.409 e. The smallest absolute Gasteiger partial charge is 0.144 e. The molecule has 0 unspecified atom stereocenters. The lowest BCUT2D eigenvalue weighted by Crippen LogP contribution is -2.32. The number of hydrogen-bond donors (Lipinski definition) is 3. The summed E-state index contributed by atoms with van der Waals surface area (Å²) in [5, 5.41) is 15.1. The summed E-state index contributed by atoms with van der Waals surface area (Å²) in [6, 6.07) is 0. The van der Waals surface area contributed by atoms with Crippen molar-refractivity contribution >= 4 is 5.84 Å². The highest BCUT2D eigenvalue weighted by molar-refractivity contribution is 5.85. The van der Waals surface area contributed by atoms with Crippen molar-refractivity contribution in [3.05, 3.63) is 12.2 Å². The summed E-state index contributed by atoms with van der Waals surface area (Å²) in [7, 11) is 0. The molecule has 0 aliphatic heterocycles. The summed E-state index contributed by atoms with van der Waals surface area (Å²) < 4.78 is 0. The van der Waals surface area contributed by atoms with E-state index >= 15 is 0 Å². The van der Waals surface area contributed by atoms with Crippen LogP contribution in [-0.4, -0.2) is 24.1 Å². The van der Waals surface area contributed by atoms with Gasteiger partial charge in [0.25, 0.3) is 0 Å². The first-order valence-corrected chi connectivity index (χ1v) is 6.34. The van der Waals surface area contributed by atoms with Crippen LogP contribution in [0.5, 0.6) is 0 Å². The predicted octanol–water partition coefficient (Wildman–Crippen LogP) is 2.49. The second-order valence-electron chi connectivity index (χ2n) is 4.93. The van der Waals surface area contributed by atoms with Crippen molar-refractivity contribution in [3.63, 3.8) is 0 Å². The highest BCUT2D eigenvalue weighted by atomic mass is 16.4. The van der Waals surface area contributed by atoms with Gasteiger partial charge in [-0.25, -0.2) is 0 Å². The molecule has 0 aliphatic carbocycles. The van der Waals surface area contributed by atoms with Crippen LogP contribution >= 0.6 is 0 Å². The minimum absolute atomic E-state index is 0.209. The Morgan fingerprint density at radius 1 is 1.35 bits per heavy atom. The minimum atomic E-state index is -0.209. The van der Waals surface area contributed by atoms with Gasteiger partial charge in [0.2, 0.25) is 0 Å². The number of nitrogens with one attached hydrogen (secondary N) is 1. The first-order valence-electron chi connectivity index (χ1n) is 6.34. The zero-order chi connectivity index (χ0) is 13.1. The van der Waals surface area contributed by atoms with E-state index in [1.165, 1.54) is 0 Å². The maximum absolute atomic E-state index is 8.64. The van der Waals surface area contributed by atoms with Gasteiger partial charge in [0.15, 0.2) is 0 Å². The summed E-state index contributed by atoms with van der Waals surface area (Å²) in [5.41, 5.74) is 5.41. The molecule has 0 spiro atoms. The first kappa shape index (κ1) is 16.0. The molecule has 0 bridgehead atoms. The summed E-state index contributed by atoms with van der Waals surface area (Å²) in [6.45, 7) is 8.11. The van der Waals surface area contributed by atoms with Crippen LogP contribution in [0.1, 0.15) is 46.5 Å². The average molecular weight is 241 g/mol. The lowest BCUT2D eigenvalue weighted by Gasteiger charge is -2.22. The Labute approximate surface area is 105 Å². The number of nitrogens with zero attached hydrogens (tertiary/aromatic N) is 1. The van der Waals surface area contributed by atoms with E-state index < -0.39 is 0 Å². The van der Waals surface area contributed by atoms with Gasteiger partial charge in [-0.05, 0) is 39.3 Å². The van der Waals surface area contributed by atoms with Gasteiger partial charge in [-0.3, -0.25) is 0 Å². The van der Waals surface area contributed by atoms with Crippen LogP contribution in [-0.2, 0) is 0 Å². The molecule has 0 heterocycles. The molecule has 0 aromatic heterocycles. The highest BCUT2D eigenvalue weighted by Crippen LogP contribution is 2.22. The molecule has 0 saturated carbocycles. The van der Waals surface area contributed by atoms with Crippen LogP contribution in [0, 0.1) is 5.41 Å². The molecular formula is C13H27N3O. The Balaban J connectivity index is 3.51. The van der Waals surface area contributed by atoms with Gasteiger partial charge in [-0.15, -0.1) is 0 Å². The van der Waals surface area contributed by atoms with Gasteiger partial charge in [0.05, 0.1) is 0 Å². The molecule has 0 atom stereocenters. The molecule has 17 heavy (non-hydrogen) atoms. The Bertz CT molecular complexity index is 247. The van der Waals surface area contributed by atoms with Crippen molar-refractivity contribution in [1.82, 2.24) is 5.32 Å². The fourth-order valence-corrected chi connectivity index (χ4v) is 1.56. The van der Waals surface area contributed by atoms with Gasteiger partial charge < -0.3 is 16.3 Å². The number of amidine groups is 1. The quantitative estimate of drug-likeness (QED) is 0.145. The van der Waals surface area contributed by atoms with Crippen LogP contribution in [0.3, 0.4) is 0 Å². The molecule has 0 radical (unpaired) electrons. The van der Waals surface area contributed by atoms with Gasteiger partial charge in [-0.2, -0.15) is 0 Å². The van der Waals surface area contributed by atoms with Crippen molar-refractivity contribution in [1.29, 1.82) is 0 Å². The van der Waals surface area contributed by atoms with E-state index in [4.69, 9.17) is 10.9 Å². The normalized spacial score (nSPS) is 13.5. The zero-order valence-corrected chi connectivity index (χ0v) is 11.4. The number of unbranched alkanes of at least 4 members (excludes halogenated alkanes) is 1. The van der Waals surface area contributed by atoms with Crippen LogP contribution < -0.4 is 11.1 Å². The van der Waals surface area contributed by atoms with E-state index in [-0.39, 0.29) is 5.41 Å². The van der Waals surface area contributed by atoms with Gasteiger partial charge >= 0.3 is 0 Å². The Kier molecular flexibility index (Phi) is 8.50. The summed E-state index contributed by atoms with van der Waals surface area (Å²) in [6.07, 6.45) is 8.47. The molecule has 0 aliphatic rings. The maximum Gasteiger partial charge on any atom is 0.144 e. The number of nitrogens with two attached hydrogens (primary N) is 1. The second-order valence-corrected chi connectivity index (χ2v) is 4.93. The SMILES string of the molecule is C/C=C/CCNCCCCC(C)(C)/C(N)=N/O.